The van der Waals surface area contributed by atoms with Crippen molar-refractivity contribution in [1.82, 2.24) is 9.80 Å². The van der Waals surface area contributed by atoms with Crippen molar-refractivity contribution in [2.24, 2.45) is 0 Å². The third-order valence-corrected chi connectivity index (χ3v) is 5.44. The lowest BCUT2D eigenvalue weighted by Gasteiger charge is -2.38. The molecule has 0 spiro atoms. The SMILES string of the molecule is O=C(C1Cc2ccccc2CN1C(=O)C1CCCO1)N1CCCC1. The van der Waals surface area contributed by atoms with Crippen LogP contribution in [0.1, 0.15) is 36.8 Å². The highest BCUT2D eigenvalue weighted by molar-refractivity contribution is 5.90. The zero-order valence-corrected chi connectivity index (χ0v) is 13.9. The molecule has 0 bridgehead atoms. The Morgan fingerprint density at radius 1 is 1.00 bits per heavy atom. The minimum Gasteiger partial charge on any atom is -0.368 e. The van der Waals surface area contributed by atoms with Crippen LogP contribution < -0.4 is 0 Å². The van der Waals surface area contributed by atoms with Crippen LogP contribution in [-0.4, -0.2) is 53.5 Å². The van der Waals surface area contributed by atoms with Gasteiger partial charge in [-0.3, -0.25) is 9.59 Å². The molecule has 2 fully saturated rings. The number of carbonyl (C=O) groups excluding carboxylic acids is 2. The molecule has 0 aliphatic carbocycles. The van der Waals surface area contributed by atoms with E-state index in [1.165, 1.54) is 5.56 Å². The Labute approximate surface area is 142 Å². The third-order valence-electron chi connectivity index (χ3n) is 5.44. The Hall–Kier alpha value is -1.88. The molecule has 0 saturated carbocycles. The second-order valence-electron chi connectivity index (χ2n) is 6.99. The van der Waals surface area contributed by atoms with Crippen molar-refractivity contribution in [2.45, 2.75) is 50.8 Å². The topological polar surface area (TPSA) is 49.9 Å². The summed E-state index contributed by atoms with van der Waals surface area (Å²) in [7, 11) is 0. The minimum atomic E-state index is -0.380. The van der Waals surface area contributed by atoms with Gasteiger partial charge in [0.1, 0.15) is 12.1 Å². The van der Waals surface area contributed by atoms with E-state index in [2.05, 4.69) is 12.1 Å². The van der Waals surface area contributed by atoms with Crippen molar-refractivity contribution in [3.05, 3.63) is 35.4 Å². The lowest BCUT2D eigenvalue weighted by atomic mass is 9.92. The van der Waals surface area contributed by atoms with E-state index in [0.717, 1.165) is 44.3 Å². The van der Waals surface area contributed by atoms with Crippen LogP contribution in [0, 0.1) is 0 Å². The van der Waals surface area contributed by atoms with Gasteiger partial charge in [0.2, 0.25) is 5.91 Å². The maximum absolute atomic E-state index is 13.0. The standard InChI is InChI=1S/C19H24N2O3/c22-18(20-9-3-4-10-20)16-12-14-6-1-2-7-15(14)13-21(16)19(23)17-8-5-11-24-17/h1-2,6-7,16-17H,3-5,8-13H2. The summed E-state index contributed by atoms with van der Waals surface area (Å²) in [6.07, 6.45) is 4.06. The van der Waals surface area contributed by atoms with Gasteiger partial charge in [0, 0.05) is 32.7 Å². The number of rotatable bonds is 2. The predicted molar refractivity (Wildman–Crippen MR) is 89.3 cm³/mol. The molecule has 2 amide bonds. The molecule has 3 heterocycles. The Morgan fingerprint density at radius 2 is 1.75 bits per heavy atom. The first-order chi connectivity index (χ1) is 11.7. The van der Waals surface area contributed by atoms with Gasteiger partial charge in [0.25, 0.3) is 5.91 Å². The van der Waals surface area contributed by atoms with E-state index >= 15 is 0 Å². The van der Waals surface area contributed by atoms with Crippen molar-refractivity contribution < 1.29 is 14.3 Å². The minimum absolute atomic E-state index is 0.0143. The van der Waals surface area contributed by atoms with E-state index in [1.54, 1.807) is 4.90 Å². The zero-order chi connectivity index (χ0) is 16.5. The number of benzene rings is 1. The second-order valence-corrected chi connectivity index (χ2v) is 6.99. The van der Waals surface area contributed by atoms with Crippen molar-refractivity contribution in [3.8, 4) is 0 Å². The number of ether oxygens (including phenoxy) is 1. The molecule has 4 rings (SSSR count). The molecule has 0 aromatic heterocycles. The first-order valence-electron chi connectivity index (χ1n) is 9.02. The maximum atomic E-state index is 13.0. The fourth-order valence-electron chi connectivity index (χ4n) is 4.08. The Bertz CT molecular complexity index is 578. The summed E-state index contributed by atoms with van der Waals surface area (Å²) in [5.74, 6) is 0.0906. The average molecular weight is 328 g/mol. The lowest BCUT2D eigenvalue weighted by Crippen LogP contribution is -2.55. The van der Waals surface area contributed by atoms with Crippen molar-refractivity contribution in [2.75, 3.05) is 19.7 Å². The van der Waals surface area contributed by atoms with E-state index < -0.39 is 0 Å². The van der Waals surface area contributed by atoms with Gasteiger partial charge in [0.05, 0.1) is 0 Å². The summed E-state index contributed by atoms with van der Waals surface area (Å²) in [6, 6.07) is 7.76. The molecule has 2 saturated heterocycles. The Morgan fingerprint density at radius 3 is 2.46 bits per heavy atom. The highest BCUT2D eigenvalue weighted by Gasteiger charge is 2.40. The highest BCUT2D eigenvalue weighted by Crippen LogP contribution is 2.28. The summed E-state index contributed by atoms with van der Waals surface area (Å²) >= 11 is 0. The fourth-order valence-corrected chi connectivity index (χ4v) is 4.08. The van der Waals surface area contributed by atoms with Gasteiger partial charge in [0.15, 0.2) is 0 Å². The summed E-state index contributed by atoms with van der Waals surface area (Å²) in [6.45, 7) is 2.79. The number of amides is 2. The van der Waals surface area contributed by atoms with Gasteiger partial charge < -0.3 is 14.5 Å². The zero-order valence-electron chi connectivity index (χ0n) is 13.9. The normalized spacial score (nSPS) is 26.5. The van der Waals surface area contributed by atoms with Crippen LogP contribution >= 0.6 is 0 Å². The van der Waals surface area contributed by atoms with E-state index in [9.17, 15) is 9.59 Å². The first kappa shape index (κ1) is 15.6. The van der Waals surface area contributed by atoms with E-state index in [-0.39, 0.29) is 24.0 Å². The van der Waals surface area contributed by atoms with Gasteiger partial charge in [-0.1, -0.05) is 24.3 Å². The van der Waals surface area contributed by atoms with Crippen LogP contribution in [0.15, 0.2) is 24.3 Å². The van der Waals surface area contributed by atoms with Crippen LogP contribution in [0.3, 0.4) is 0 Å². The summed E-state index contributed by atoms with van der Waals surface area (Å²) in [5.41, 5.74) is 2.33. The number of nitrogens with zero attached hydrogens (tertiary/aromatic N) is 2. The quantitative estimate of drug-likeness (QED) is 0.831. The van der Waals surface area contributed by atoms with Crippen LogP contribution in [0.5, 0.6) is 0 Å². The van der Waals surface area contributed by atoms with Crippen LogP contribution in [-0.2, 0) is 27.3 Å². The number of carbonyl (C=O) groups is 2. The molecule has 2 unspecified atom stereocenters. The van der Waals surface area contributed by atoms with Gasteiger partial charge in [-0.2, -0.15) is 0 Å². The molecule has 128 valence electrons. The second kappa shape index (κ2) is 6.55. The predicted octanol–water partition coefficient (Wildman–Crippen LogP) is 1.74. The van der Waals surface area contributed by atoms with Gasteiger partial charge >= 0.3 is 0 Å². The van der Waals surface area contributed by atoms with Crippen LogP contribution in [0.2, 0.25) is 0 Å². The highest BCUT2D eigenvalue weighted by atomic mass is 16.5. The molecule has 2 atom stereocenters. The molecular weight excluding hydrogens is 304 g/mol. The molecule has 5 nitrogen and oxygen atoms in total. The van der Waals surface area contributed by atoms with Gasteiger partial charge in [-0.15, -0.1) is 0 Å². The fraction of sp³-hybridized carbons (Fsp3) is 0.579. The van der Waals surface area contributed by atoms with E-state index in [1.807, 2.05) is 17.0 Å². The first-order valence-corrected chi connectivity index (χ1v) is 9.02. The van der Waals surface area contributed by atoms with Gasteiger partial charge in [-0.05, 0) is 36.8 Å². The average Bonchev–Trinajstić information content (AvgIpc) is 3.32. The molecule has 24 heavy (non-hydrogen) atoms. The lowest BCUT2D eigenvalue weighted by molar-refractivity contribution is -0.152. The number of likely N-dealkylation sites (tertiary alicyclic amines) is 1. The number of fused-ring (bicyclic) bond motifs is 1. The van der Waals surface area contributed by atoms with E-state index in [0.29, 0.717) is 19.6 Å². The number of hydrogen-bond donors (Lipinski definition) is 0. The maximum Gasteiger partial charge on any atom is 0.252 e. The Kier molecular flexibility index (Phi) is 4.27. The number of hydrogen-bond acceptors (Lipinski definition) is 3. The van der Waals surface area contributed by atoms with Crippen molar-refractivity contribution >= 4 is 11.8 Å². The van der Waals surface area contributed by atoms with Crippen LogP contribution in [0.25, 0.3) is 0 Å². The third kappa shape index (κ3) is 2.81. The summed E-state index contributed by atoms with van der Waals surface area (Å²) in [5, 5.41) is 0. The molecule has 0 N–H and O–H groups in total. The molecule has 1 aromatic carbocycles. The largest absolute Gasteiger partial charge is 0.368 e. The molecule has 3 aliphatic rings. The Balaban J connectivity index is 1.62. The molecule has 3 aliphatic heterocycles. The summed E-state index contributed by atoms with van der Waals surface area (Å²) < 4.78 is 5.59. The van der Waals surface area contributed by atoms with Crippen LogP contribution in [0.4, 0.5) is 0 Å². The van der Waals surface area contributed by atoms with E-state index in [4.69, 9.17) is 4.74 Å². The molecular formula is C19H24N2O3. The van der Waals surface area contributed by atoms with Crippen molar-refractivity contribution in [1.29, 1.82) is 0 Å². The molecule has 1 aromatic rings. The summed E-state index contributed by atoms with van der Waals surface area (Å²) in [4.78, 5) is 29.7. The van der Waals surface area contributed by atoms with Gasteiger partial charge in [-0.25, -0.2) is 0 Å². The molecule has 0 radical (unpaired) electrons. The monoisotopic (exact) mass is 328 g/mol. The smallest absolute Gasteiger partial charge is 0.252 e. The molecule has 5 heteroatoms. The van der Waals surface area contributed by atoms with Crippen molar-refractivity contribution in [3.63, 3.8) is 0 Å².